The highest BCUT2D eigenvalue weighted by atomic mass is 32.2. The molecule has 1 saturated heterocycles. The predicted molar refractivity (Wildman–Crippen MR) is 83.6 cm³/mol. The standard InChI is InChI=1S/C16H24FNO2S/c1-21(19,20)11-3-2-9-18-10-5-8-16(18)13-14-6-4-7-15(17)12-14/h4,6-7,12,16H,2-3,5,8-11,13H2,1H3/t16-/m0/s1. The van der Waals surface area contributed by atoms with Gasteiger partial charge in [0.25, 0.3) is 0 Å². The van der Waals surface area contributed by atoms with Gasteiger partial charge in [0.15, 0.2) is 0 Å². The number of nitrogens with zero attached hydrogens (tertiary/aromatic N) is 1. The lowest BCUT2D eigenvalue weighted by atomic mass is 10.0. The van der Waals surface area contributed by atoms with Crippen molar-refractivity contribution in [2.75, 3.05) is 25.1 Å². The van der Waals surface area contributed by atoms with E-state index in [4.69, 9.17) is 0 Å². The Morgan fingerprint density at radius 3 is 2.86 bits per heavy atom. The molecule has 1 fully saturated rings. The molecule has 0 radical (unpaired) electrons. The van der Waals surface area contributed by atoms with E-state index >= 15 is 0 Å². The SMILES string of the molecule is CS(=O)(=O)CCCCN1CCC[C@H]1Cc1cccc(F)c1. The van der Waals surface area contributed by atoms with Crippen molar-refractivity contribution >= 4 is 9.84 Å². The van der Waals surface area contributed by atoms with E-state index in [2.05, 4.69) is 4.90 Å². The monoisotopic (exact) mass is 313 g/mol. The molecule has 0 bridgehead atoms. The third-order valence-electron chi connectivity index (χ3n) is 4.07. The van der Waals surface area contributed by atoms with Gasteiger partial charge in [-0.1, -0.05) is 12.1 Å². The highest BCUT2D eigenvalue weighted by molar-refractivity contribution is 7.90. The molecular formula is C16H24FNO2S. The molecule has 0 spiro atoms. The Labute approximate surface area is 127 Å². The van der Waals surface area contributed by atoms with E-state index in [1.165, 1.54) is 18.7 Å². The van der Waals surface area contributed by atoms with Crippen molar-refractivity contribution in [1.82, 2.24) is 4.90 Å². The van der Waals surface area contributed by atoms with E-state index in [-0.39, 0.29) is 11.6 Å². The molecule has 1 atom stereocenters. The first-order chi connectivity index (χ1) is 9.94. The molecule has 21 heavy (non-hydrogen) atoms. The maximum Gasteiger partial charge on any atom is 0.147 e. The zero-order valence-electron chi connectivity index (χ0n) is 12.6. The fourth-order valence-electron chi connectivity index (χ4n) is 3.04. The first-order valence-electron chi connectivity index (χ1n) is 7.60. The summed E-state index contributed by atoms with van der Waals surface area (Å²) in [6.45, 7) is 2.01. The lowest BCUT2D eigenvalue weighted by molar-refractivity contribution is 0.248. The molecule has 1 aliphatic rings. The van der Waals surface area contributed by atoms with E-state index < -0.39 is 9.84 Å². The van der Waals surface area contributed by atoms with Crippen molar-refractivity contribution in [3.8, 4) is 0 Å². The minimum Gasteiger partial charge on any atom is -0.300 e. The zero-order valence-corrected chi connectivity index (χ0v) is 13.4. The van der Waals surface area contributed by atoms with Crippen LogP contribution < -0.4 is 0 Å². The van der Waals surface area contributed by atoms with Crippen molar-refractivity contribution < 1.29 is 12.8 Å². The number of benzene rings is 1. The molecule has 0 aromatic heterocycles. The van der Waals surface area contributed by atoms with Crippen LogP contribution in [-0.4, -0.2) is 44.5 Å². The summed E-state index contributed by atoms with van der Waals surface area (Å²) >= 11 is 0. The summed E-state index contributed by atoms with van der Waals surface area (Å²) in [5.41, 5.74) is 1.04. The summed E-state index contributed by atoms with van der Waals surface area (Å²) in [5.74, 6) is 0.0975. The van der Waals surface area contributed by atoms with Crippen LogP contribution in [-0.2, 0) is 16.3 Å². The Morgan fingerprint density at radius 1 is 1.33 bits per heavy atom. The second kappa shape index (κ2) is 7.36. The van der Waals surface area contributed by atoms with Gasteiger partial charge in [0, 0.05) is 18.1 Å². The van der Waals surface area contributed by atoms with Gasteiger partial charge in [-0.25, -0.2) is 12.8 Å². The summed E-state index contributed by atoms with van der Waals surface area (Å²) in [6.07, 6.45) is 6.11. The van der Waals surface area contributed by atoms with Crippen LogP contribution in [0.4, 0.5) is 4.39 Å². The minimum atomic E-state index is -2.85. The van der Waals surface area contributed by atoms with Crippen LogP contribution in [0.25, 0.3) is 0 Å². The van der Waals surface area contributed by atoms with Gasteiger partial charge in [-0.15, -0.1) is 0 Å². The first kappa shape index (κ1) is 16.4. The second-order valence-electron chi connectivity index (χ2n) is 6.00. The van der Waals surface area contributed by atoms with Crippen molar-refractivity contribution in [1.29, 1.82) is 0 Å². The molecule has 0 N–H and O–H groups in total. The third kappa shape index (κ3) is 5.75. The normalized spacial score (nSPS) is 20.0. The van der Waals surface area contributed by atoms with Crippen molar-refractivity contribution in [2.45, 2.75) is 38.1 Å². The van der Waals surface area contributed by atoms with Crippen LogP contribution in [0.1, 0.15) is 31.2 Å². The Morgan fingerprint density at radius 2 is 2.14 bits per heavy atom. The van der Waals surface area contributed by atoms with Gasteiger partial charge in [0.2, 0.25) is 0 Å². The van der Waals surface area contributed by atoms with Gasteiger partial charge in [0.1, 0.15) is 15.7 Å². The lowest BCUT2D eigenvalue weighted by Crippen LogP contribution is -2.32. The van der Waals surface area contributed by atoms with E-state index in [1.807, 2.05) is 6.07 Å². The average molecular weight is 313 g/mol. The minimum absolute atomic E-state index is 0.176. The Kier molecular flexibility index (Phi) is 5.76. The van der Waals surface area contributed by atoms with Crippen molar-refractivity contribution in [3.05, 3.63) is 35.6 Å². The van der Waals surface area contributed by atoms with Crippen LogP contribution in [0.5, 0.6) is 0 Å². The van der Waals surface area contributed by atoms with Crippen LogP contribution in [0.3, 0.4) is 0 Å². The summed E-state index contributed by atoms with van der Waals surface area (Å²) < 4.78 is 35.5. The fourth-order valence-corrected chi connectivity index (χ4v) is 3.76. The highest BCUT2D eigenvalue weighted by Gasteiger charge is 2.24. The molecular weight excluding hydrogens is 289 g/mol. The molecule has 1 aromatic carbocycles. The highest BCUT2D eigenvalue weighted by Crippen LogP contribution is 2.22. The zero-order chi connectivity index (χ0) is 15.3. The number of rotatable bonds is 7. The summed E-state index contributed by atoms with van der Waals surface area (Å²) in [5, 5.41) is 0. The number of likely N-dealkylation sites (tertiary alicyclic amines) is 1. The molecule has 0 saturated carbocycles. The molecule has 1 aliphatic heterocycles. The van der Waals surface area contributed by atoms with Crippen molar-refractivity contribution in [3.63, 3.8) is 0 Å². The smallest absolute Gasteiger partial charge is 0.147 e. The van der Waals surface area contributed by atoms with Gasteiger partial charge in [0.05, 0.1) is 0 Å². The molecule has 0 aliphatic carbocycles. The summed E-state index contributed by atoms with van der Waals surface area (Å²) in [6, 6.07) is 7.28. The summed E-state index contributed by atoms with van der Waals surface area (Å²) in [7, 11) is -2.85. The molecule has 5 heteroatoms. The van der Waals surface area contributed by atoms with E-state index in [0.29, 0.717) is 6.04 Å². The number of unbranched alkanes of at least 4 members (excludes halogenated alkanes) is 1. The Bertz CT molecular complexity index is 559. The van der Waals surface area contributed by atoms with Gasteiger partial charge in [-0.2, -0.15) is 0 Å². The third-order valence-corrected chi connectivity index (χ3v) is 5.10. The van der Waals surface area contributed by atoms with Gasteiger partial charge in [-0.3, -0.25) is 0 Å². The van der Waals surface area contributed by atoms with Crippen LogP contribution in [0.2, 0.25) is 0 Å². The maximum absolute atomic E-state index is 13.2. The van der Waals surface area contributed by atoms with E-state index in [1.54, 1.807) is 12.1 Å². The van der Waals surface area contributed by atoms with Crippen LogP contribution in [0.15, 0.2) is 24.3 Å². The van der Waals surface area contributed by atoms with Crippen molar-refractivity contribution in [2.24, 2.45) is 0 Å². The average Bonchev–Trinajstić information content (AvgIpc) is 2.81. The molecule has 0 amide bonds. The quantitative estimate of drug-likeness (QED) is 0.726. The predicted octanol–water partition coefficient (Wildman–Crippen LogP) is 2.66. The number of hydrogen-bond acceptors (Lipinski definition) is 3. The topological polar surface area (TPSA) is 37.4 Å². The van der Waals surface area contributed by atoms with Crippen LogP contribution >= 0.6 is 0 Å². The number of sulfone groups is 1. The molecule has 118 valence electrons. The van der Waals surface area contributed by atoms with E-state index in [9.17, 15) is 12.8 Å². The number of hydrogen-bond donors (Lipinski definition) is 0. The lowest BCUT2D eigenvalue weighted by Gasteiger charge is -2.24. The van der Waals surface area contributed by atoms with E-state index in [0.717, 1.165) is 44.3 Å². The molecule has 0 unspecified atom stereocenters. The molecule has 1 aromatic rings. The van der Waals surface area contributed by atoms with Gasteiger partial charge >= 0.3 is 0 Å². The number of halogens is 1. The summed E-state index contributed by atoms with van der Waals surface area (Å²) in [4.78, 5) is 2.42. The second-order valence-corrected chi connectivity index (χ2v) is 8.26. The first-order valence-corrected chi connectivity index (χ1v) is 9.66. The largest absolute Gasteiger partial charge is 0.300 e. The molecule has 1 heterocycles. The molecule has 3 nitrogen and oxygen atoms in total. The maximum atomic E-state index is 13.2. The van der Waals surface area contributed by atoms with Gasteiger partial charge in [-0.05, 0) is 62.9 Å². The van der Waals surface area contributed by atoms with Crippen LogP contribution in [0, 0.1) is 5.82 Å². The molecule has 2 rings (SSSR count). The Balaban J connectivity index is 1.80. The fraction of sp³-hybridized carbons (Fsp3) is 0.625. The van der Waals surface area contributed by atoms with Gasteiger partial charge < -0.3 is 4.90 Å². The Hall–Kier alpha value is -0.940.